The lowest BCUT2D eigenvalue weighted by Gasteiger charge is -2.26. The Labute approximate surface area is 197 Å². The van der Waals surface area contributed by atoms with Crippen LogP contribution in [-0.2, 0) is 24.0 Å². The number of rotatable bonds is 15. The zero-order valence-electron chi connectivity index (χ0n) is 18.6. The highest BCUT2D eigenvalue weighted by molar-refractivity contribution is 7.80. The number of primary amides is 1. The van der Waals surface area contributed by atoms with Crippen molar-refractivity contribution in [1.82, 2.24) is 16.0 Å². The van der Waals surface area contributed by atoms with Crippen LogP contribution in [0, 0.1) is 5.92 Å². The van der Waals surface area contributed by atoms with Crippen LogP contribution in [0.15, 0.2) is 4.99 Å². The summed E-state index contributed by atoms with van der Waals surface area (Å²) in [6, 6.07) is -4.76. The third-order valence-corrected chi connectivity index (χ3v) is 4.77. The van der Waals surface area contributed by atoms with Crippen molar-refractivity contribution in [2.24, 2.45) is 33.8 Å². The van der Waals surface area contributed by atoms with Crippen LogP contribution in [0.1, 0.15) is 33.1 Å². The van der Waals surface area contributed by atoms with Crippen molar-refractivity contribution in [3.8, 4) is 0 Å². The normalized spacial score (nSPS) is 14.3. The number of nitrogens with one attached hydrogen (secondary N) is 3. The van der Waals surface area contributed by atoms with E-state index < -0.39 is 60.2 Å². The molecule has 0 aromatic carbocycles. The molecule has 12 N–H and O–H groups in total. The highest BCUT2D eigenvalue weighted by atomic mass is 32.1. The third kappa shape index (κ3) is 11.9. The Balaban J connectivity index is 5.55. The Kier molecular flexibility index (Phi) is 13.5. The zero-order valence-corrected chi connectivity index (χ0v) is 19.5. The lowest BCUT2D eigenvalue weighted by Crippen LogP contribution is -2.58. The second kappa shape index (κ2) is 14.9. The first-order valence-electron chi connectivity index (χ1n) is 10.1. The Hall–Kier alpha value is -3.07. The minimum Gasteiger partial charge on any atom is -0.480 e. The number of carbonyl (C=O) groups excluding carboxylic acids is 4. The molecule has 0 radical (unpaired) electrons. The van der Waals surface area contributed by atoms with Crippen molar-refractivity contribution < 1.29 is 29.1 Å². The molecule has 0 aromatic heterocycles. The number of aliphatic imine (C=N–C) groups is 1. The number of guanidine groups is 1. The summed E-state index contributed by atoms with van der Waals surface area (Å²) >= 11 is 3.95. The van der Waals surface area contributed by atoms with Gasteiger partial charge in [0.2, 0.25) is 23.6 Å². The van der Waals surface area contributed by atoms with Crippen LogP contribution in [0.25, 0.3) is 0 Å². The first-order valence-corrected chi connectivity index (χ1v) is 10.8. The van der Waals surface area contributed by atoms with Gasteiger partial charge in [0.25, 0.3) is 0 Å². The van der Waals surface area contributed by atoms with Gasteiger partial charge >= 0.3 is 5.97 Å². The molecule has 15 heteroatoms. The van der Waals surface area contributed by atoms with E-state index in [1.807, 2.05) is 0 Å². The van der Waals surface area contributed by atoms with Gasteiger partial charge in [0.1, 0.15) is 18.1 Å². The van der Waals surface area contributed by atoms with Crippen molar-refractivity contribution in [3.63, 3.8) is 0 Å². The molecule has 4 amide bonds. The van der Waals surface area contributed by atoms with Crippen LogP contribution in [0.3, 0.4) is 0 Å². The topological polar surface area (TPSA) is 258 Å². The maximum Gasteiger partial charge on any atom is 0.326 e. The number of carboxylic acid groups (broad SMARTS) is 1. The second-order valence-corrected chi connectivity index (χ2v) is 7.96. The van der Waals surface area contributed by atoms with Crippen LogP contribution in [0.4, 0.5) is 0 Å². The third-order valence-electron chi connectivity index (χ3n) is 4.38. The summed E-state index contributed by atoms with van der Waals surface area (Å²) in [5.74, 6) is -5.01. The molecule has 0 saturated heterocycles. The molecule has 0 aliphatic rings. The number of carbonyl (C=O) groups is 5. The van der Waals surface area contributed by atoms with Crippen molar-refractivity contribution in [2.45, 2.75) is 57.3 Å². The van der Waals surface area contributed by atoms with E-state index in [-0.39, 0.29) is 37.0 Å². The van der Waals surface area contributed by atoms with E-state index >= 15 is 0 Å². The molecule has 0 bridgehead atoms. The highest BCUT2D eigenvalue weighted by Crippen LogP contribution is 2.07. The minimum atomic E-state index is -1.58. The number of amides is 4. The molecular weight excluding hydrogens is 456 g/mol. The van der Waals surface area contributed by atoms with Gasteiger partial charge in [-0.05, 0) is 18.8 Å². The SMILES string of the molecule is CC(C)C(NC(=O)C(N)CS)C(=O)NC(CCCN=C(N)N)C(=O)NC(CC(N)=O)C(=O)O. The maximum absolute atomic E-state index is 12.9. The average molecular weight is 491 g/mol. The number of hydrogen-bond acceptors (Lipinski definition) is 8. The lowest BCUT2D eigenvalue weighted by atomic mass is 10.0. The summed E-state index contributed by atoms with van der Waals surface area (Å²) in [4.78, 5) is 63.9. The van der Waals surface area contributed by atoms with E-state index in [4.69, 9.17) is 22.9 Å². The molecule has 14 nitrogen and oxygen atoms in total. The first-order chi connectivity index (χ1) is 15.3. The van der Waals surface area contributed by atoms with Gasteiger partial charge in [0, 0.05) is 12.3 Å². The monoisotopic (exact) mass is 490 g/mol. The van der Waals surface area contributed by atoms with Crippen LogP contribution >= 0.6 is 12.6 Å². The van der Waals surface area contributed by atoms with Gasteiger partial charge in [0.15, 0.2) is 5.96 Å². The summed E-state index contributed by atoms with van der Waals surface area (Å²) in [7, 11) is 0. The highest BCUT2D eigenvalue weighted by Gasteiger charge is 2.31. The van der Waals surface area contributed by atoms with E-state index in [0.717, 1.165) is 0 Å². The minimum absolute atomic E-state index is 0.0339. The second-order valence-electron chi connectivity index (χ2n) is 7.60. The molecule has 0 rings (SSSR count). The number of aliphatic carboxylic acids is 1. The fourth-order valence-corrected chi connectivity index (χ4v) is 2.75. The molecule has 0 aliphatic heterocycles. The summed E-state index contributed by atoms with van der Waals surface area (Å²) in [6.07, 6.45) is -0.346. The van der Waals surface area contributed by atoms with Gasteiger partial charge in [0.05, 0.1) is 12.5 Å². The van der Waals surface area contributed by atoms with Crippen molar-refractivity contribution >= 4 is 48.2 Å². The lowest BCUT2D eigenvalue weighted by molar-refractivity contribution is -0.143. The van der Waals surface area contributed by atoms with Gasteiger partial charge < -0.3 is 44.0 Å². The van der Waals surface area contributed by atoms with Gasteiger partial charge in [-0.25, -0.2) is 4.79 Å². The number of carboxylic acids is 1. The van der Waals surface area contributed by atoms with E-state index in [2.05, 4.69) is 33.6 Å². The number of hydrogen-bond donors (Lipinski definition) is 9. The Morgan fingerprint density at radius 2 is 1.52 bits per heavy atom. The quantitative estimate of drug-likeness (QED) is 0.0474. The molecule has 4 atom stereocenters. The molecule has 0 spiro atoms. The molecule has 188 valence electrons. The molecule has 4 unspecified atom stereocenters. The number of nitrogens with two attached hydrogens (primary N) is 4. The van der Waals surface area contributed by atoms with E-state index in [0.29, 0.717) is 0 Å². The molecule has 0 aliphatic carbocycles. The summed E-state index contributed by atoms with van der Waals surface area (Å²) in [6.45, 7) is 3.50. The van der Waals surface area contributed by atoms with Crippen molar-refractivity contribution in [2.75, 3.05) is 12.3 Å². The molecular formula is C18H34N8O6S. The van der Waals surface area contributed by atoms with Crippen molar-refractivity contribution in [1.29, 1.82) is 0 Å². The summed E-state index contributed by atoms with van der Waals surface area (Å²) in [5.41, 5.74) is 21.2. The summed E-state index contributed by atoms with van der Waals surface area (Å²) in [5, 5.41) is 16.4. The molecule has 0 saturated carbocycles. The Morgan fingerprint density at radius 1 is 0.939 bits per heavy atom. The Morgan fingerprint density at radius 3 is 1.97 bits per heavy atom. The standard InChI is InChI=1S/C18H34N8O6S/c1-8(2)13(26-14(28)9(19)7-33)16(30)24-10(4-3-5-23-18(21)22)15(29)25-11(17(31)32)6-12(20)27/h8-11,13,33H,3-7,19H2,1-2H3,(H2,20,27)(H,24,30)(H,25,29)(H,26,28)(H,31,32)(H4,21,22,23). The molecule has 33 heavy (non-hydrogen) atoms. The number of thiol groups is 1. The van der Waals surface area contributed by atoms with Crippen LogP contribution in [0.2, 0.25) is 0 Å². The smallest absolute Gasteiger partial charge is 0.326 e. The maximum atomic E-state index is 12.9. The average Bonchev–Trinajstić information content (AvgIpc) is 2.71. The van der Waals surface area contributed by atoms with Crippen LogP contribution < -0.4 is 38.9 Å². The fraction of sp³-hybridized carbons (Fsp3) is 0.667. The largest absolute Gasteiger partial charge is 0.480 e. The van der Waals surface area contributed by atoms with Gasteiger partial charge in [-0.15, -0.1) is 0 Å². The molecule has 0 fully saturated rings. The van der Waals surface area contributed by atoms with E-state index in [9.17, 15) is 29.1 Å². The molecule has 0 heterocycles. The fourth-order valence-electron chi connectivity index (χ4n) is 2.59. The predicted molar refractivity (Wildman–Crippen MR) is 124 cm³/mol. The van der Waals surface area contributed by atoms with Gasteiger partial charge in [-0.1, -0.05) is 13.8 Å². The van der Waals surface area contributed by atoms with Crippen LogP contribution in [-0.4, -0.2) is 77.1 Å². The molecule has 0 aromatic rings. The first kappa shape index (κ1) is 29.9. The van der Waals surface area contributed by atoms with Crippen molar-refractivity contribution in [3.05, 3.63) is 0 Å². The predicted octanol–water partition coefficient (Wildman–Crippen LogP) is -3.63. The zero-order chi connectivity index (χ0) is 25.7. The Bertz CT molecular complexity index is 743. The van der Waals surface area contributed by atoms with Crippen LogP contribution in [0.5, 0.6) is 0 Å². The number of nitrogens with zero attached hydrogens (tertiary/aromatic N) is 1. The van der Waals surface area contributed by atoms with Gasteiger partial charge in [-0.2, -0.15) is 12.6 Å². The van der Waals surface area contributed by atoms with E-state index in [1.54, 1.807) is 13.8 Å². The van der Waals surface area contributed by atoms with E-state index in [1.165, 1.54) is 0 Å². The van der Waals surface area contributed by atoms with Gasteiger partial charge in [-0.3, -0.25) is 24.2 Å². The summed E-state index contributed by atoms with van der Waals surface area (Å²) < 4.78 is 0.